The SMILES string of the molecule is CC1Cc2ccccc2N1CC(=O)Nc1ccccc1C(=O)NC1CCCC1. The second-order valence-corrected chi connectivity index (χ2v) is 7.86. The number of rotatable bonds is 5. The summed E-state index contributed by atoms with van der Waals surface area (Å²) < 4.78 is 0. The van der Waals surface area contributed by atoms with Crippen molar-refractivity contribution in [2.45, 2.75) is 51.1 Å². The van der Waals surface area contributed by atoms with E-state index in [0.717, 1.165) is 24.9 Å². The fourth-order valence-electron chi connectivity index (χ4n) is 4.34. The average molecular weight is 377 g/mol. The molecule has 1 heterocycles. The Balaban J connectivity index is 1.44. The molecule has 0 radical (unpaired) electrons. The van der Waals surface area contributed by atoms with E-state index >= 15 is 0 Å². The third-order valence-electron chi connectivity index (χ3n) is 5.80. The largest absolute Gasteiger partial charge is 0.359 e. The van der Waals surface area contributed by atoms with E-state index in [2.05, 4.69) is 34.6 Å². The Hall–Kier alpha value is -2.82. The molecule has 1 aliphatic heterocycles. The van der Waals surface area contributed by atoms with Crippen LogP contribution in [0.1, 0.15) is 48.5 Å². The van der Waals surface area contributed by atoms with Gasteiger partial charge in [0.05, 0.1) is 17.8 Å². The molecule has 0 saturated heterocycles. The van der Waals surface area contributed by atoms with Crippen LogP contribution in [0.15, 0.2) is 48.5 Å². The summed E-state index contributed by atoms with van der Waals surface area (Å²) in [6.07, 6.45) is 5.35. The Morgan fingerprint density at radius 1 is 1.04 bits per heavy atom. The lowest BCUT2D eigenvalue weighted by Crippen LogP contribution is -2.37. The normalized spacial score (nSPS) is 18.8. The van der Waals surface area contributed by atoms with Crippen molar-refractivity contribution in [3.05, 3.63) is 59.7 Å². The van der Waals surface area contributed by atoms with Gasteiger partial charge in [0.25, 0.3) is 5.91 Å². The van der Waals surface area contributed by atoms with Gasteiger partial charge < -0.3 is 15.5 Å². The van der Waals surface area contributed by atoms with E-state index in [4.69, 9.17) is 0 Å². The molecule has 28 heavy (non-hydrogen) atoms. The predicted molar refractivity (Wildman–Crippen MR) is 112 cm³/mol. The molecule has 4 rings (SSSR count). The number of hydrogen-bond acceptors (Lipinski definition) is 3. The lowest BCUT2D eigenvalue weighted by molar-refractivity contribution is -0.115. The minimum absolute atomic E-state index is 0.107. The van der Waals surface area contributed by atoms with Crippen LogP contribution in [0.4, 0.5) is 11.4 Å². The molecule has 2 aromatic carbocycles. The Kier molecular flexibility index (Phi) is 5.33. The molecule has 146 valence electrons. The standard InChI is InChI=1S/C23H27N3O2/c1-16-14-17-8-2-7-13-21(17)26(16)15-22(27)25-20-12-6-5-11-19(20)23(28)24-18-9-3-4-10-18/h2,5-8,11-13,16,18H,3-4,9-10,14-15H2,1H3,(H,24,28)(H,25,27). The van der Waals surface area contributed by atoms with Crippen molar-refractivity contribution in [2.24, 2.45) is 0 Å². The maximum absolute atomic E-state index is 12.8. The molecule has 0 bridgehead atoms. The Labute approximate surface area is 166 Å². The van der Waals surface area contributed by atoms with Crippen LogP contribution in [0.3, 0.4) is 0 Å². The second kappa shape index (κ2) is 8.05. The van der Waals surface area contributed by atoms with Crippen molar-refractivity contribution in [3.63, 3.8) is 0 Å². The summed E-state index contributed by atoms with van der Waals surface area (Å²) in [6.45, 7) is 2.41. The van der Waals surface area contributed by atoms with Gasteiger partial charge in [0.15, 0.2) is 0 Å². The highest BCUT2D eigenvalue weighted by Gasteiger charge is 2.27. The quantitative estimate of drug-likeness (QED) is 0.834. The first-order valence-corrected chi connectivity index (χ1v) is 10.2. The van der Waals surface area contributed by atoms with Gasteiger partial charge in [-0.05, 0) is 49.9 Å². The zero-order valence-electron chi connectivity index (χ0n) is 16.3. The van der Waals surface area contributed by atoms with Gasteiger partial charge in [-0.15, -0.1) is 0 Å². The molecule has 0 spiro atoms. The highest BCUT2D eigenvalue weighted by atomic mass is 16.2. The van der Waals surface area contributed by atoms with Gasteiger partial charge in [0.1, 0.15) is 0 Å². The number of para-hydroxylation sites is 2. The fraction of sp³-hybridized carbons (Fsp3) is 0.391. The van der Waals surface area contributed by atoms with E-state index in [1.807, 2.05) is 24.3 Å². The number of nitrogens with one attached hydrogen (secondary N) is 2. The van der Waals surface area contributed by atoms with Crippen molar-refractivity contribution < 1.29 is 9.59 Å². The predicted octanol–water partition coefficient (Wildman–Crippen LogP) is 3.75. The molecule has 2 N–H and O–H groups in total. The number of anilines is 2. The van der Waals surface area contributed by atoms with Gasteiger partial charge in [-0.3, -0.25) is 9.59 Å². The summed E-state index contributed by atoms with van der Waals surface area (Å²) in [7, 11) is 0. The molecule has 2 amide bonds. The van der Waals surface area contributed by atoms with Crippen molar-refractivity contribution in [2.75, 3.05) is 16.8 Å². The molecule has 1 atom stereocenters. The van der Waals surface area contributed by atoms with Gasteiger partial charge in [-0.1, -0.05) is 43.2 Å². The van der Waals surface area contributed by atoms with Crippen molar-refractivity contribution in [3.8, 4) is 0 Å². The summed E-state index contributed by atoms with van der Waals surface area (Å²) in [5.74, 6) is -0.215. The van der Waals surface area contributed by atoms with Crippen LogP contribution in [0.5, 0.6) is 0 Å². The zero-order chi connectivity index (χ0) is 19.5. The van der Waals surface area contributed by atoms with Gasteiger partial charge >= 0.3 is 0 Å². The van der Waals surface area contributed by atoms with Crippen LogP contribution in [-0.2, 0) is 11.2 Å². The molecular formula is C23H27N3O2. The highest BCUT2D eigenvalue weighted by molar-refractivity contribution is 6.04. The topological polar surface area (TPSA) is 61.4 Å². The molecule has 2 aromatic rings. The first kappa shape index (κ1) is 18.5. The number of fused-ring (bicyclic) bond motifs is 1. The summed E-state index contributed by atoms with van der Waals surface area (Å²) in [6, 6.07) is 16.0. The maximum Gasteiger partial charge on any atom is 0.253 e. The monoisotopic (exact) mass is 377 g/mol. The third-order valence-corrected chi connectivity index (χ3v) is 5.80. The molecule has 5 heteroatoms. The first-order chi connectivity index (χ1) is 13.6. The number of nitrogens with zero attached hydrogens (tertiary/aromatic N) is 1. The molecule has 2 aliphatic rings. The summed E-state index contributed by atoms with van der Waals surface area (Å²) >= 11 is 0. The second-order valence-electron chi connectivity index (χ2n) is 7.86. The minimum atomic E-state index is -0.109. The number of carbonyl (C=O) groups excluding carboxylic acids is 2. The number of carbonyl (C=O) groups is 2. The molecule has 1 unspecified atom stereocenters. The third kappa shape index (κ3) is 3.88. The van der Waals surface area contributed by atoms with Crippen LogP contribution < -0.4 is 15.5 Å². The average Bonchev–Trinajstić information content (AvgIpc) is 3.30. The van der Waals surface area contributed by atoms with Crippen LogP contribution in [0, 0.1) is 0 Å². The van der Waals surface area contributed by atoms with E-state index < -0.39 is 0 Å². The molecule has 1 saturated carbocycles. The Morgan fingerprint density at radius 2 is 1.75 bits per heavy atom. The number of hydrogen-bond donors (Lipinski definition) is 2. The van der Waals surface area contributed by atoms with Gasteiger partial charge in [0.2, 0.25) is 5.91 Å². The lowest BCUT2D eigenvalue weighted by atomic mass is 10.1. The lowest BCUT2D eigenvalue weighted by Gasteiger charge is -2.24. The smallest absolute Gasteiger partial charge is 0.253 e. The van der Waals surface area contributed by atoms with E-state index in [1.165, 1.54) is 18.4 Å². The van der Waals surface area contributed by atoms with Crippen LogP contribution in [0.2, 0.25) is 0 Å². The number of benzene rings is 2. The Bertz CT molecular complexity index is 874. The van der Waals surface area contributed by atoms with Gasteiger partial charge in [0, 0.05) is 17.8 Å². The van der Waals surface area contributed by atoms with E-state index in [-0.39, 0.29) is 30.4 Å². The van der Waals surface area contributed by atoms with Crippen LogP contribution in [-0.4, -0.2) is 30.4 Å². The van der Waals surface area contributed by atoms with Crippen molar-refractivity contribution >= 4 is 23.2 Å². The van der Waals surface area contributed by atoms with Crippen molar-refractivity contribution in [1.82, 2.24) is 5.32 Å². The summed E-state index contributed by atoms with van der Waals surface area (Å²) in [5.41, 5.74) is 3.50. The summed E-state index contributed by atoms with van der Waals surface area (Å²) in [4.78, 5) is 27.6. The Morgan fingerprint density at radius 3 is 2.57 bits per heavy atom. The fourth-order valence-corrected chi connectivity index (χ4v) is 4.34. The van der Waals surface area contributed by atoms with E-state index in [1.54, 1.807) is 12.1 Å². The highest BCUT2D eigenvalue weighted by Crippen LogP contribution is 2.31. The van der Waals surface area contributed by atoms with Crippen LogP contribution in [0.25, 0.3) is 0 Å². The summed E-state index contributed by atoms with van der Waals surface area (Å²) in [5, 5.41) is 6.05. The number of amides is 2. The molecule has 0 aromatic heterocycles. The zero-order valence-corrected chi connectivity index (χ0v) is 16.3. The van der Waals surface area contributed by atoms with Gasteiger partial charge in [-0.25, -0.2) is 0 Å². The molecular weight excluding hydrogens is 350 g/mol. The van der Waals surface area contributed by atoms with E-state index in [9.17, 15) is 9.59 Å². The molecule has 5 nitrogen and oxygen atoms in total. The maximum atomic E-state index is 12.8. The molecule has 1 fully saturated rings. The van der Waals surface area contributed by atoms with E-state index in [0.29, 0.717) is 11.3 Å². The van der Waals surface area contributed by atoms with Crippen molar-refractivity contribution in [1.29, 1.82) is 0 Å². The van der Waals surface area contributed by atoms with Gasteiger partial charge in [-0.2, -0.15) is 0 Å². The van der Waals surface area contributed by atoms with Crippen LogP contribution >= 0.6 is 0 Å². The first-order valence-electron chi connectivity index (χ1n) is 10.2. The minimum Gasteiger partial charge on any atom is -0.359 e. The molecule has 1 aliphatic carbocycles.